The summed E-state index contributed by atoms with van der Waals surface area (Å²) in [5.41, 5.74) is 0.321. The van der Waals surface area contributed by atoms with Crippen LogP contribution in [0.15, 0.2) is 18.2 Å². The van der Waals surface area contributed by atoms with E-state index in [0.717, 1.165) is 23.1 Å². The molecular formula is C13H12F2N2O3. The lowest BCUT2D eigenvalue weighted by molar-refractivity contribution is 0.0948. The predicted octanol–water partition coefficient (Wildman–Crippen LogP) is 1.69. The van der Waals surface area contributed by atoms with Crippen LogP contribution in [-0.4, -0.2) is 39.9 Å². The number of amides is 1. The van der Waals surface area contributed by atoms with E-state index in [9.17, 15) is 18.7 Å². The highest BCUT2D eigenvalue weighted by atomic mass is 19.1. The van der Waals surface area contributed by atoms with E-state index in [-0.39, 0.29) is 13.0 Å². The van der Waals surface area contributed by atoms with Gasteiger partial charge in [-0.25, -0.2) is 13.6 Å². The van der Waals surface area contributed by atoms with Crippen LogP contribution in [0.2, 0.25) is 0 Å². The molecule has 0 radical (unpaired) electrons. The summed E-state index contributed by atoms with van der Waals surface area (Å²) in [5, 5.41) is 27.3. The Kier molecular flexibility index (Phi) is 3.86. The van der Waals surface area contributed by atoms with Crippen molar-refractivity contribution in [2.75, 3.05) is 6.54 Å². The van der Waals surface area contributed by atoms with Crippen molar-refractivity contribution in [1.29, 1.82) is 5.26 Å². The van der Waals surface area contributed by atoms with E-state index in [1.165, 1.54) is 0 Å². The van der Waals surface area contributed by atoms with Crippen LogP contribution < -0.4 is 0 Å². The van der Waals surface area contributed by atoms with Crippen molar-refractivity contribution in [3.8, 4) is 6.07 Å². The van der Waals surface area contributed by atoms with Crippen molar-refractivity contribution in [2.45, 2.75) is 24.5 Å². The first kappa shape index (κ1) is 14.2. The third kappa shape index (κ3) is 2.70. The molecule has 1 fully saturated rings. The van der Waals surface area contributed by atoms with Crippen LogP contribution in [0.5, 0.6) is 0 Å². The molecule has 106 valence electrons. The highest BCUT2D eigenvalue weighted by Gasteiger charge is 2.40. The number of aliphatic hydroxyl groups excluding tert-OH is 1. The quantitative estimate of drug-likeness (QED) is 0.808. The second-order valence-corrected chi connectivity index (χ2v) is 4.71. The molecule has 3 atom stereocenters. The Morgan fingerprint density at radius 2 is 2.00 bits per heavy atom. The fourth-order valence-corrected chi connectivity index (χ4v) is 2.52. The lowest BCUT2D eigenvalue weighted by Gasteiger charge is -2.21. The highest BCUT2D eigenvalue weighted by Crippen LogP contribution is 2.33. The number of rotatable bonds is 2. The maximum Gasteiger partial charge on any atom is 0.407 e. The van der Waals surface area contributed by atoms with Gasteiger partial charge in [0.15, 0.2) is 6.10 Å². The van der Waals surface area contributed by atoms with E-state index >= 15 is 0 Å². The Hall–Kier alpha value is -2.20. The number of hydrogen-bond donors (Lipinski definition) is 2. The molecule has 0 bridgehead atoms. The Bertz CT molecular complexity index is 553. The smallest absolute Gasteiger partial charge is 0.407 e. The summed E-state index contributed by atoms with van der Waals surface area (Å²) in [7, 11) is 0. The Morgan fingerprint density at radius 3 is 2.50 bits per heavy atom. The van der Waals surface area contributed by atoms with Crippen molar-refractivity contribution in [2.24, 2.45) is 0 Å². The molecule has 0 spiro atoms. The lowest BCUT2D eigenvalue weighted by atomic mass is 9.95. The van der Waals surface area contributed by atoms with Crippen molar-refractivity contribution in [3.63, 3.8) is 0 Å². The molecule has 1 aromatic rings. The maximum absolute atomic E-state index is 13.2. The summed E-state index contributed by atoms with van der Waals surface area (Å²) in [4.78, 5) is 12.0. The molecule has 20 heavy (non-hydrogen) atoms. The van der Waals surface area contributed by atoms with E-state index in [0.29, 0.717) is 5.56 Å². The summed E-state index contributed by atoms with van der Waals surface area (Å²) >= 11 is 0. The first-order valence-corrected chi connectivity index (χ1v) is 5.95. The standard InChI is InChI=1S/C13H12F2N2O3/c14-9-1-7(2-10(15)4-9)8-3-11(12(18)5-16)17(6-8)13(19)20/h1-2,4,8,11-12,18H,3,6H2,(H,19,20)/t8-,11?,12?/m1/s1. The molecule has 7 heteroatoms. The van der Waals surface area contributed by atoms with Crippen molar-refractivity contribution in [1.82, 2.24) is 4.90 Å². The number of likely N-dealkylation sites (tertiary alicyclic amines) is 1. The number of carboxylic acid groups (broad SMARTS) is 1. The van der Waals surface area contributed by atoms with Crippen molar-refractivity contribution in [3.05, 3.63) is 35.4 Å². The van der Waals surface area contributed by atoms with Crippen molar-refractivity contribution < 1.29 is 23.8 Å². The number of carbonyl (C=O) groups is 1. The summed E-state index contributed by atoms with van der Waals surface area (Å²) in [6.07, 6.45) is -2.60. The molecule has 1 heterocycles. The fourth-order valence-electron chi connectivity index (χ4n) is 2.52. The molecule has 1 aliphatic heterocycles. The van der Waals surface area contributed by atoms with Gasteiger partial charge in [0.05, 0.1) is 12.1 Å². The molecule has 0 saturated carbocycles. The van der Waals surface area contributed by atoms with Crippen molar-refractivity contribution >= 4 is 6.09 Å². The summed E-state index contributed by atoms with van der Waals surface area (Å²) < 4.78 is 26.4. The molecule has 2 N–H and O–H groups in total. The monoisotopic (exact) mass is 282 g/mol. The van der Waals surface area contributed by atoms with E-state index < -0.39 is 35.8 Å². The zero-order valence-corrected chi connectivity index (χ0v) is 10.3. The van der Waals surface area contributed by atoms with Crippen LogP contribution in [0.4, 0.5) is 13.6 Å². The number of nitriles is 1. The Labute approximate surface area is 113 Å². The van der Waals surface area contributed by atoms with E-state index in [4.69, 9.17) is 10.4 Å². The highest BCUT2D eigenvalue weighted by molar-refractivity contribution is 5.66. The van der Waals surface area contributed by atoms with Gasteiger partial charge in [-0.05, 0) is 24.1 Å². The third-order valence-electron chi connectivity index (χ3n) is 3.44. The molecule has 2 unspecified atom stereocenters. The second-order valence-electron chi connectivity index (χ2n) is 4.71. The van der Waals surface area contributed by atoms with E-state index in [1.807, 2.05) is 0 Å². The fraction of sp³-hybridized carbons (Fsp3) is 0.385. The largest absolute Gasteiger partial charge is 0.465 e. The van der Waals surface area contributed by atoms with Crippen LogP contribution in [-0.2, 0) is 0 Å². The molecule has 1 amide bonds. The Balaban J connectivity index is 2.27. The van der Waals surface area contributed by atoms with Crippen LogP contribution >= 0.6 is 0 Å². The molecule has 1 aromatic carbocycles. The topological polar surface area (TPSA) is 84.6 Å². The number of aliphatic hydroxyl groups is 1. The minimum absolute atomic E-state index is 0.0123. The molecular weight excluding hydrogens is 270 g/mol. The molecule has 1 saturated heterocycles. The third-order valence-corrected chi connectivity index (χ3v) is 3.44. The van der Waals surface area contributed by atoms with Crippen LogP contribution in [0.1, 0.15) is 17.9 Å². The van der Waals surface area contributed by atoms with Gasteiger partial charge in [0.25, 0.3) is 0 Å². The number of benzene rings is 1. The average Bonchev–Trinajstić information content (AvgIpc) is 2.81. The average molecular weight is 282 g/mol. The summed E-state index contributed by atoms with van der Waals surface area (Å²) in [6, 6.07) is 3.69. The first-order valence-electron chi connectivity index (χ1n) is 5.95. The number of hydrogen-bond acceptors (Lipinski definition) is 3. The van der Waals surface area contributed by atoms with Gasteiger partial charge < -0.3 is 15.1 Å². The molecule has 0 aromatic heterocycles. The van der Waals surface area contributed by atoms with Gasteiger partial charge in [-0.3, -0.25) is 0 Å². The van der Waals surface area contributed by atoms with Gasteiger partial charge in [0, 0.05) is 18.5 Å². The minimum Gasteiger partial charge on any atom is -0.465 e. The minimum atomic E-state index is -1.46. The SMILES string of the molecule is N#CC(O)C1C[C@@H](c2cc(F)cc(F)c2)CN1C(=O)O. The first-order chi connectivity index (χ1) is 9.42. The van der Waals surface area contributed by atoms with Gasteiger partial charge in [-0.1, -0.05) is 0 Å². The molecule has 5 nitrogen and oxygen atoms in total. The van der Waals surface area contributed by atoms with Gasteiger partial charge in [-0.2, -0.15) is 5.26 Å². The molecule has 0 aliphatic carbocycles. The number of halogens is 2. The van der Waals surface area contributed by atoms with Gasteiger partial charge >= 0.3 is 6.09 Å². The zero-order chi connectivity index (χ0) is 14.9. The second kappa shape index (κ2) is 5.43. The summed E-state index contributed by atoms with van der Waals surface area (Å²) in [5.74, 6) is -1.94. The van der Waals surface area contributed by atoms with Crippen LogP contribution in [0, 0.1) is 23.0 Å². The molecule has 2 rings (SSSR count). The molecule has 1 aliphatic rings. The van der Waals surface area contributed by atoms with Gasteiger partial charge in [0.2, 0.25) is 0 Å². The van der Waals surface area contributed by atoms with E-state index in [1.54, 1.807) is 6.07 Å². The van der Waals surface area contributed by atoms with Gasteiger partial charge in [0.1, 0.15) is 11.6 Å². The lowest BCUT2D eigenvalue weighted by Crippen LogP contribution is -2.41. The number of nitrogens with zero attached hydrogens (tertiary/aromatic N) is 2. The zero-order valence-electron chi connectivity index (χ0n) is 10.3. The van der Waals surface area contributed by atoms with Gasteiger partial charge in [-0.15, -0.1) is 0 Å². The van der Waals surface area contributed by atoms with Crippen LogP contribution in [0.3, 0.4) is 0 Å². The normalized spacial score (nSPS) is 23.4. The van der Waals surface area contributed by atoms with Crippen LogP contribution in [0.25, 0.3) is 0 Å². The van der Waals surface area contributed by atoms with E-state index in [2.05, 4.69) is 0 Å². The maximum atomic E-state index is 13.2. The summed E-state index contributed by atoms with van der Waals surface area (Å²) in [6.45, 7) is -0.0123. The Morgan fingerprint density at radius 1 is 1.40 bits per heavy atom. The predicted molar refractivity (Wildman–Crippen MR) is 63.9 cm³/mol.